The van der Waals surface area contributed by atoms with Crippen LogP contribution in [0.2, 0.25) is 0 Å². The zero-order chi connectivity index (χ0) is 11.4. The molecule has 0 amide bonds. The van der Waals surface area contributed by atoms with Gasteiger partial charge in [0, 0.05) is 28.0 Å². The molecule has 1 aliphatic heterocycles. The molecule has 4 heteroatoms. The minimum atomic E-state index is 0.529. The average Bonchev–Trinajstić information content (AvgIpc) is 2.33. The molecule has 0 radical (unpaired) electrons. The Kier molecular flexibility index (Phi) is 3.96. The molecule has 1 fully saturated rings. The monoisotopic (exact) mass is 281 g/mol. The molecule has 1 heterocycles. The van der Waals surface area contributed by atoms with E-state index in [1.165, 1.54) is 6.21 Å². The lowest BCUT2D eigenvalue weighted by Crippen LogP contribution is -2.35. The lowest BCUT2D eigenvalue weighted by atomic mass is 10.1. The molecule has 3 N–H and O–H groups in total. The van der Waals surface area contributed by atoms with Crippen molar-refractivity contribution in [3.8, 4) is 0 Å². The first-order chi connectivity index (χ1) is 7.79. The zero-order valence-corrected chi connectivity index (χ0v) is 10.7. The highest BCUT2D eigenvalue weighted by molar-refractivity contribution is 9.10. The van der Waals surface area contributed by atoms with E-state index in [4.69, 9.17) is 5.41 Å². The topological polar surface area (TPSA) is 47.9 Å². The van der Waals surface area contributed by atoms with Gasteiger partial charge < -0.3 is 16.0 Å². The highest BCUT2D eigenvalue weighted by Crippen LogP contribution is 2.21. The number of anilines is 1. The summed E-state index contributed by atoms with van der Waals surface area (Å²) in [4.78, 5) is 0. The van der Waals surface area contributed by atoms with E-state index in [1.54, 1.807) is 0 Å². The first kappa shape index (κ1) is 11.6. The fourth-order valence-corrected chi connectivity index (χ4v) is 2.35. The normalized spacial score (nSPS) is 17.1. The van der Waals surface area contributed by atoms with Gasteiger partial charge in [0.15, 0.2) is 0 Å². The van der Waals surface area contributed by atoms with Gasteiger partial charge >= 0.3 is 0 Å². The molecule has 0 saturated carbocycles. The van der Waals surface area contributed by atoms with Crippen molar-refractivity contribution < 1.29 is 0 Å². The Morgan fingerprint density at radius 3 is 2.81 bits per heavy atom. The quantitative estimate of drug-likeness (QED) is 0.746. The standard InChI is InChI=1S/C12H16BrN3/c13-10-1-2-12(9(7-10)8-14)16-11-3-5-15-6-4-11/h1-2,7-8,11,14-16H,3-6H2. The van der Waals surface area contributed by atoms with Crippen molar-refractivity contribution in [2.24, 2.45) is 0 Å². The van der Waals surface area contributed by atoms with E-state index in [0.29, 0.717) is 6.04 Å². The number of halogens is 1. The maximum Gasteiger partial charge on any atom is 0.0432 e. The van der Waals surface area contributed by atoms with Crippen molar-refractivity contribution >= 4 is 27.8 Å². The van der Waals surface area contributed by atoms with Crippen LogP contribution in [0.25, 0.3) is 0 Å². The van der Waals surface area contributed by atoms with Gasteiger partial charge in [-0.1, -0.05) is 15.9 Å². The van der Waals surface area contributed by atoms with E-state index < -0.39 is 0 Å². The van der Waals surface area contributed by atoms with Crippen molar-refractivity contribution in [2.75, 3.05) is 18.4 Å². The van der Waals surface area contributed by atoms with Gasteiger partial charge in [-0.25, -0.2) is 0 Å². The summed E-state index contributed by atoms with van der Waals surface area (Å²) in [6.45, 7) is 2.15. The largest absolute Gasteiger partial charge is 0.382 e. The van der Waals surface area contributed by atoms with E-state index in [-0.39, 0.29) is 0 Å². The summed E-state index contributed by atoms with van der Waals surface area (Å²) < 4.78 is 1.02. The van der Waals surface area contributed by atoms with Crippen molar-refractivity contribution in [2.45, 2.75) is 18.9 Å². The van der Waals surface area contributed by atoms with Crippen LogP contribution in [0, 0.1) is 5.41 Å². The number of hydrogen-bond acceptors (Lipinski definition) is 3. The van der Waals surface area contributed by atoms with E-state index >= 15 is 0 Å². The SMILES string of the molecule is N=Cc1cc(Br)ccc1NC1CCNCC1. The molecule has 0 aliphatic carbocycles. The molecule has 86 valence electrons. The van der Waals surface area contributed by atoms with Crippen LogP contribution in [0.15, 0.2) is 22.7 Å². The molecule has 1 saturated heterocycles. The number of hydrogen-bond donors (Lipinski definition) is 3. The number of rotatable bonds is 3. The third-order valence-corrected chi connectivity index (χ3v) is 3.36. The van der Waals surface area contributed by atoms with Crippen LogP contribution >= 0.6 is 15.9 Å². The smallest absolute Gasteiger partial charge is 0.0432 e. The third-order valence-electron chi connectivity index (χ3n) is 2.87. The molecule has 0 spiro atoms. The molecule has 1 aromatic carbocycles. The summed E-state index contributed by atoms with van der Waals surface area (Å²) in [6.07, 6.45) is 3.69. The summed E-state index contributed by atoms with van der Waals surface area (Å²) in [5, 5.41) is 14.3. The van der Waals surface area contributed by atoms with E-state index in [1.807, 2.05) is 18.2 Å². The van der Waals surface area contributed by atoms with Crippen molar-refractivity contribution in [3.63, 3.8) is 0 Å². The molecule has 0 atom stereocenters. The predicted octanol–water partition coefficient (Wildman–Crippen LogP) is 2.61. The Labute approximate surface area is 104 Å². The zero-order valence-electron chi connectivity index (χ0n) is 9.09. The lowest BCUT2D eigenvalue weighted by Gasteiger charge is -2.25. The molecule has 1 aromatic rings. The second-order valence-corrected chi connectivity index (χ2v) is 4.96. The first-order valence-electron chi connectivity index (χ1n) is 5.57. The van der Waals surface area contributed by atoms with E-state index in [2.05, 4.69) is 26.6 Å². The second-order valence-electron chi connectivity index (χ2n) is 4.04. The molecular formula is C12H16BrN3. The van der Waals surface area contributed by atoms with Gasteiger partial charge in [-0.3, -0.25) is 0 Å². The Bertz CT molecular complexity index is 373. The number of benzene rings is 1. The van der Waals surface area contributed by atoms with Crippen LogP contribution in [0.1, 0.15) is 18.4 Å². The Morgan fingerprint density at radius 1 is 1.38 bits per heavy atom. The van der Waals surface area contributed by atoms with E-state index in [0.717, 1.165) is 41.7 Å². The Balaban J connectivity index is 2.10. The van der Waals surface area contributed by atoms with Gasteiger partial charge in [0.2, 0.25) is 0 Å². The van der Waals surface area contributed by atoms with Gasteiger partial charge in [0.25, 0.3) is 0 Å². The molecule has 0 bridgehead atoms. The van der Waals surface area contributed by atoms with Crippen LogP contribution in [0.5, 0.6) is 0 Å². The highest BCUT2D eigenvalue weighted by Gasteiger charge is 2.13. The predicted molar refractivity (Wildman–Crippen MR) is 71.5 cm³/mol. The van der Waals surface area contributed by atoms with Gasteiger partial charge in [0.05, 0.1) is 0 Å². The lowest BCUT2D eigenvalue weighted by molar-refractivity contribution is 0.479. The maximum absolute atomic E-state index is 7.40. The Morgan fingerprint density at radius 2 is 2.12 bits per heavy atom. The van der Waals surface area contributed by atoms with Crippen LogP contribution in [0.4, 0.5) is 5.69 Å². The molecule has 2 rings (SSSR count). The minimum absolute atomic E-state index is 0.529. The summed E-state index contributed by atoms with van der Waals surface area (Å²) in [5.74, 6) is 0. The van der Waals surface area contributed by atoms with Gasteiger partial charge in [-0.05, 0) is 44.1 Å². The first-order valence-corrected chi connectivity index (χ1v) is 6.36. The van der Waals surface area contributed by atoms with Crippen molar-refractivity contribution in [1.29, 1.82) is 5.41 Å². The summed E-state index contributed by atoms with van der Waals surface area (Å²) in [7, 11) is 0. The highest BCUT2D eigenvalue weighted by atomic mass is 79.9. The fraction of sp³-hybridized carbons (Fsp3) is 0.417. The van der Waals surface area contributed by atoms with Gasteiger partial charge in [0.1, 0.15) is 0 Å². The number of nitrogens with one attached hydrogen (secondary N) is 3. The molecule has 0 aromatic heterocycles. The molecule has 0 unspecified atom stereocenters. The maximum atomic E-state index is 7.40. The summed E-state index contributed by atoms with van der Waals surface area (Å²) >= 11 is 3.42. The molecule has 3 nitrogen and oxygen atoms in total. The summed E-state index contributed by atoms with van der Waals surface area (Å²) in [6, 6.07) is 6.54. The second kappa shape index (κ2) is 5.46. The van der Waals surface area contributed by atoms with Crippen LogP contribution in [-0.4, -0.2) is 25.3 Å². The average molecular weight is 282 g/mol. The van der Waals surface area contributed by atoms with Crippen LogP contribution in [-0.2, 0) is 0 Å². The fourth-order valence-electron chi connectivity index (χ4n) is 1.97. The van der Waals surface area contributed by atoms with Gasteiger partial charge in [-0.2, -0.15) is 0 Å². The third kappa shape index (κ3) is 2.83. The Hall–Kier alpha value is -0.870. The van der Waals surface area contributed by atoms with E-state index in [9.17, 15) is 0 Å². The molecule has 16 heavy (non-hydrogen) atoms. The number of piperidine rings is 1. The minimum Gasteiger partial charge on any atom is -0.382 e. The van der Waals surface area contributed by atoms with Crippen molar-refractivity contribution in [3.05, 3.63) is 28.2 Å². The van der Waals surface area contributed by atoms with Crippen LogP contribution < -0.4 is 10.6 Å². The summed E-state index contributed by atoms with van der Waals surface area (Å²) in [5.41, 5.74) is 2.00. The van der Waals surface area contributed by atoms with Crippen LogP contribution in [0.3, 0.4) is 0 Å². The molecular weight excluding hydrogens is 266 g/mol. The molecule has 1 aliphatic rings. The van der Waals surface area contributed by atoms with Crippen molar-refractivity contribution in [1.82, 2.24) is 5.32 Å². The van der Waals surface area contributed by atoms with Gasteiger partial charge in [-0.15, -0.1) is 0 Å².